The van der Waals surface area contributed by atoms with E-state index in [1.165, 1.54) is 45.6 Å². The lowest BCUT2D eigenvalue weighted by Gasteiger charge is -2.26. The van der Waals surface area contributed by atoms with Crippen LogP contribution >= 0.6 is 0 Å². The molecule has 0 fully saturated rings. The number of hydroxylamine groups is 1. The lowest BCUT2D eigenvalue weighted by molar-refractivity contribution is -0.417. The monoisotopic (exact) mass is 253 g/mol. The Morgan fingerprint density at radius 2 is 2.06 bits per heavy atom. The number of nitrogens with zero attached hydrogens (tertiary/aromatic N) is 2. The molecule has 0 amide bonds. The Balaban J connectivity index is 2.19. The fourth-order valence-electron chi connectivity index (χ4n) is 2.22. The van der Waals surface area contributed by atoms with Crippen molar-refractivity contribution in [3.8, 4) is 0 Å². The molecule has 4 nitrogen and oxygen atoms in total. The van der Waals surface area contributed by atoms with Crippen LogP contribution in [-0.2, 0) is 0 Å². The van der Waals surface area contributed by atoms with Gasteiger partial charge in [-0.25, -0.2) is 4.74 Å². The zero-order valence-corrected chi connectivity index (χ0v) is 11.8. The van der Waals surface area contributed by atoms with Crippen LogP contribution in [0.5, 0.6) is 0 Å². The van der Waals surface area contributed by atoms with Crippen LogP contribution in [0, 0.1) is 5.21 Å². The molecule has 4 heteroatoms. The van der Waals surface area contributed by atoms with Crippen molar-refractivity contribution >= 4 is 6.21 Å². The van der Waals surface area contributed by atoms with Crippen LogP contribution in [0.25, 0.3) is 0 Å². The third-order valence-electron chi connectivity index (χ3n) is 3.14. The third-order valence-corrected chi connectivity index (χ3v) is 3.14. The zero-order valence-electron chi connectivity index (χ0n) is 11.8. The Morgan fingerprint density at radius 1 is 1.33 bits per heavy atom. The molecule has 104 valence electrons. The van der Waals surface area contributed by atoms with Crippen molar-refractivity contribution in [2.75, 3.05) is 26.8 Å². The second kappa shape index (κ2) is 8.97. The first-order valence-electron chi connectivity index (χ1n) is 7.12. The first kappa shape index (κ1) is 15.0. The third kappa shape index (κ3) is 6.64. The highest BCUT2D eigenvalue weighted by Crippen LogP contribution is 2.07. The van der Waals surface area contributed by atoms with Crippen molar-refractivity contribution < 1.29 is 4.74 Å². The largest absolute Gasteiger partial charge is 0.624 e. The zero-order chi connectivity index (χ0) is 13.2. The van der Waals surface area contributed by atoms with Gasteiger partial charge in [0.25, 0.3) is 0 Å². The topological polar surface area (TPSA) is 41.3 Å². The van der Waals surface area contributed by atoms with Gasteiger partial charge in [-0.15, -0.1) is 0 Å². The number of hydrogen-bond donors (Lipinski definition) is 1. The maximum Gasteiger partial charge on any atom is 0.180 e. The van der Waals surface area contributed by atoms with E-state index in [1.807, 2.05) is 0 Å². The molecule has 1 aliphatic heterocycles. The molecule has 1 heterocycles. The predicted molar refractivity (Wildman–Crippen MR) is 76.7 cm³/mol. The van der Waals surface area contributed by atoms with Crippen molar-refractivity contribution in [2.45, 2.75) is 45.4 Å². The van der Waals surface area contributed by atoms with Crippen molar-refractivity contribution in [2.24, 2.45) is 0 Å². The van der Waals surface area contributed by atoms with Crippen molar-refractivity contribution in [1.29, 1.82) is 0 Å². The van der Waals surface area contributed by atoms with Crippen LogP contribution in [0.1, 0.15) is 45.4 Å². The van der Waals surface area contributed by atoms with Crippen LogP contribution in [0.2, 0.25) is 0 Å². The molecular formula is C14H27N3O. The highest BCUT2D eigenvalue weighted by Gasteiger charge is 2.09. The minimum Gasteiger partial charge on any atom is -0.624 e. The molecule has 0 aromatic rings. The highest BCUT2D eigenvalue weighted by molar-refractivity contribution is 5.75. The van der Waals surface area contributed by atoms with E-state index < -0.39 is 0 Å². The Kier molecular flexibility index (Phi) is 7.49. The summed E-state index contributed by atoms with van der Waals surface area (Å²) in [6.07, 6.45) is 11.7. The van der Waals surface area contributed by atoms with Crippen LogP contribution in [-0.4, -0.2) is 42.7 Å². The van der Waals surface area contributed by atoms with Crippen molar-refractivity contribution in [1.82, 2.24) is 10.2 Å². The Labute approximate surface area is 111 Å². The Bertz CT molecular complexity index is 283. The molecule has 1 N–H and O–H groups in total. The summed E-state index contributed by atoms with van der Waals surface area (Å²) in [5.74, 6) is 0. The molecule has 0 saturated carbocycles. The van der Waals surface area contributed by atoms with E-state index in [-0.39, 0.29) is 0 Å². The summed E-state index contributed by atoms with van der Waals surface area (Å²) in [5, 5.41) is 14.3. The average Bonchev–Trinajstić information content (AvgIpc) is 2.33. The second-order valence-electron chi connectivity index (χ2n) is 5.04. The van der Waals surface area contributed by atoms with E-state index in [0.29, 0.717) is 0 Å². The maximum atomic E-state index is 11.0. The molecule has 0 bridgehead atoms. The molecule has 0 radical (unpaired) electrons. The fraction of sp³-hybridized carbons (Fsp3) is 0.786. The van der Waals surface area contributed by atoms with Gasteiger partial charge in [0.1, 0.15) is 7.05 Å². The van der Waals surface area contributed by atoms with Gasteiger partial charge >= 0.3 is 0 Å². The van der Waals surface area contributed by atoms with Crippen molar-refractivity contribution in [3.63, 3.8) is 0 Å². The number of unbranched alkanes of at least 4 members (excludes halogenated alkanes) is 5. The molecule has 18 heavy (non-hydrogen) atoms. The molecule has 0 unspecified atom stereocenters. The maximum absolute atomic E-state index is 11.0. The summed E-state index contributed by atoms with van der Waals surface area (Å²) >= 11 is 0. The molecule has 0 atom stereocenters. The standard InChI is InChI=1S/C14H27N3O/c1-3-4-5-6-7-8-9-17-12-14(10-15-13-17)11-16(2)18/h11-12,15H,3-10,13H2,1-2H3/b16-11-. The Hall–Kier alpha value is -1.03. The normalized spacial score (nSPS) is 16.9. The van der Waals surface area contributed by atoms with E-state index in [9.17, 15) is 5.21 Å². The van der Waals surface area contributed by atoms with Gasteiger partial charge in [-0.2, -0.15) is 0 Å². The van der Waals surface area contributed by atoms with Crippen LogP contribution in [0.3, 0.4) is 0 Å². The molecule has 1 aliphatic rings. The van der Waals surface area contributed by atoms with Gasteiger partial charge in [-0.3, -0.25) is 5.32 Å². The van der Waals surface area contributed by atoms with Gasteiger partial charge in [0.05, 0.1) is 6.67 Å². The first-order valence-corrected chi connectivity index (χ1v) is 7.12. The molecule has 0 saturated heterocycles. The molecule has 0 aromatic heterocycles. The quantitative estimate of drug-likeness (QED) is 0.237. The fourth-order valence-corrected chi connectivity index (χ4v) is 2.22. The number of rotatable bonds is 8. The molecular weight excluding hydrogens is 226 g/mol. The summed E-state index contributed by atoms with van der Waals surface area (Å²) in [6.45, 7) is 5.02. The highest BCUT2D eigenvalue weighted by atomic mass is 16.5. The summed E-state index contributed by atoms with van der Waals surface area (Å²) < 4.78 is 0.863. The minimum atomic E-state index is 0.791. The van der Waals surface area contributed by atoms with Crippen LogP contribution in [0.15, 0.2) is 11.8 Å². The van der Waals surface area contributed by atoms with Gasteiger partial charge in [-0.1, -0.05) is 39.0 Å². The molecule has 0 spiro atoms. The van der Waals surface area contributed by atoms with E-state index in [4.69, 9.17) is 0 Å². The summed E-state index contributed by atoms with van der Waals surface area (Å²) in [5.41, 5.74) is 1.06. The van der Waals surface area contributed by atoms with Crippen LogP contribution in [0.4, 0.5) is 0 Å². The van der Waals surface area contributed by atoms with Gasteiger partial charge in [-0.05, 0) is 6.42 Å². The minimum absolute atomic E-state index is 0.791. The lowest BCUT2D eigenvalue weighted by Crippen LogP contribution is -2.37. The average molecular weight is 253 g/mol. The van der Waals surface area contributed by atoms with E-state index in [0.717, 1.165) is 30.1 Å². The molecule has 1 rings (SSSR count). The molecule has 0 aromatic carbocycles. The molecule has 0 aliphatic carbocycles. The SMILES string of the molecule is CCCCCCCCN1C=C(/C=[N+](/C)[O-])CNC1. The van der Waals surface area contributed by atoms with E-state index >= 15 is 0 Å². The summed E-state index contributed by atoms with van der Waals surface area (Å²) in [4.78, 5) is 2.26. The predicted octanol–water partition coefficient (Wildman–Crippen LogP) is 2.30. The summed E-state index contributed by atoms with van der Waals surface area (Å²) in [6, 6.07) is 0. The lowest BCUT2D eigenvalue weighted by atomic mass is 10.1. The smallest absolute Gasteiger partial charge is 0.180 e. The van der Waals surface area contributed by atoms with Gasteiger partial charge in [0.2, 0.25) is 0 Å². The van der Waals surface area contributed by atoms with E-state index in [2.05, 4.69) is 23.3 Å². The second-order valence-corrected chi connectivity index (χ2v) is 5.04. The van der Waals surface area contributed by atoms with Crippen LogP contribution < -0.4 is 5.32 Å². The van der Waals surface area contributed by atoms with Crippen molar-refractivity contribution in [3.05, 3.63) is 17.0 Å². The number of hydrogen-bond acceptors (Lipinski definition) is 3. The van der Waals surface area contributed by atoms with Gasteiger partial charge in [0, 0.05) is 24.9 Å². The van der Waals surface area contributed by atoms with E-state index in [1.54, 1.807) is 6.21 Å². The summed E-state index contributed by atoms with van der Waals surface area (Å²) in [7, 11) is 1.52. The van der Waals surface area contributed by atoms with Gasteiger partial charge < -0.3 is 10.1 Å². The first-order chi connectivity index (χ1) is 8.72. The van der Waals surface area contributed by atoms with Gasteiger partial charge in [0.15, 0.2) is 6.21 Å². The number of nitrogens with one attached hydrogen (secondary N) is 1. The Morgan fingerprint density at radius 3 is 2.78 bits per heavy atom.